The largest absolute Gasteiger partial charge is 0.264 e. The summed E-state index contributed by atoms with van der Waals surface area (Å²) in [6.45, 7) is 5.40. The number of rotatable bonds is 27. The van der Waals surface area contributed by atoms with E-state index >= 15 is 0 Å². The molecule has 0 fully saturated rings. The predicted octanol–water partition coefficient (Wildman–Crippen LogP) is 9.96. The molecule has 2 atom stereocenters. The van der Waals surface area contributed by atoms with Crippen LogP contribution >= 0.6 is 39.4 Å². The van der Waals surface area contributed by atoms with Crippen molar-refractivity contribution in [2.75, 3.05) is 133 Å². The van der Waals surface area contributed by atoms with E-state index in [0.717, 1.165) is 32.2 Å². The van der Waals surface area contributed by atoms with Crippen LogP contribution in [0.15, 0.2) is 18.3 Å². The number of unbranched alkanes of at least 4 members (excludes halogenated alkanes) is 9. The van der Waals surface area contributed by atoms with E-state index in [2.05, 4.69) is 197 Å². The van der Waals surface area contributed by atoms with Gasteiger partial charge in [-0.1, -0.05) is 71.6 Å². The third-order valence-electron chi connectivity index (χ3n) is 9.75. The lowest BCUT2D eigenvalue weighted by Gasteiger charge is -2.48. The first-order chi connectivity index (χ1) is 24.6. The Kier molecular flexibility index (Phi) is 25.9. The molecule has 0 amide bonds. The molecule has 0 heterocycles. The van der Waals surface area contributed by atoms with Crippen LogP contribution in [0.1, 0.15) is 90.9 Å². The summed E-state index contributed by atoms with van der Waals surface area (Å²) in [6.07, 6.45) is 14.0. The van der Waals surface area contributed by atoms with Crippen LogP contribution in [0.5, 0.6) is 0 Å². The van der Waals surface area contributed by atoms with E-state index in [-0.39, 0.29) is 6.17 Å². The average molecular weight is 849 g/mol. The normalized spacial score (nSPS) is 14.5. The van der Waals surface area contributed by atoms with Crippen molar-refractivity contribution in [1.82, 2.24) is 46.7 Å². The second-order valence-electron chi connectivity index (χ2n) is 15.8. The number of hydrogen-bond donors (Lipinski definition) is 0. The van der Waals surface area contributed by atoms with E-state index in [1.165, 1.54) is 51.4 Å². The van der Waals surface area contributed by atoms with Gasteiger partial charge in [-0.15, -0.1) is 0 Å². The fraction of sp³-hybridized carbons (Fsp3) is 1.00. The minimum Gasteiger partial charge on any atom is -0.252 e. The fourth-order valence-corrected chi connectivity index (χ4v) is 25.6. The Balaban J connectivity index is 9.07. The highest BCUT2D eigenvalue weighted by atomic mass is 31.2. The highest BCUT2D eigenvalue weighted by molar-refractivity contribution is 7.77. The van der Waals surface area contributed by atoms with Crippen molar-refractivity contribution in [2.45, 2.75) is 97.1 Å². The maximum atomic E-state index is 6.19. The smallest absolute Gasteiger partial charge is 0.252 e. The van der Waals surface area contributed by atoms with E-state index in [0.29, 0.717) is 0 Å². The molecule has 0 aliphatic heterocycles. The van der Waals surface area contributed by atoms with Crippen LogP contribution in [-0.4, -0.2) is 186 Å². The van der Waals surface area contributed by atoms with Crippen molar-refractivity contribution in [3.05, 3.63) is 0 Å². The predicted molar refractivity (Wildman–Crippen MR) is 248 cm³/mol. The van der Waals surface area contributed by atoms with Crippen LogP contribution in [0.25, 0.3) is 0 Å². The molecule has 0 spiro atoms. The lowest BCUT2D eigenvalue weighted by Crippen LogP contribution is -2.37. The molecular weight excluding hydrogens is 759 g/mol. The summed E-state index contributed by atoms with van der Waals surface area (Å²) >= 11 is 0. The van der Waals surface area contributed by atoms with E-state index in [1.54, 1.807) is 0 Å². The third kappa shape index (κ3) is 13.8. The van der Waals surface area contributed by atoms with Gasteiger partial charge in [0, 0.05) is 6.54 Å². The summed E-state index contributed by atoms with van der Waals surface area (Å²) in [5.74, 6) is 0. The zero-order valence-corrected chi connectivity index (χ0v) is 43.1. The monoisotopic (exact) mass is 849 g/mol. The first-order valence-corrected chi connectivity index (χ1v) is 26.6. The maximum absolute atomic E-state index is 6.19. The van der Waals surface area contributed by atoms with Crippen LogP contribution in [0.3, 0.4) is 0 Å². The molecule has 0 aromatic rings. The summed E-state index contributed by atoms with van der Waals surface area (Å²) in [5, 5.41) is 0. The molecule has 0 aromatic heterocycles. The molecule has 0 aromatic carbocycles. The number of hydrogen-bond acceptors (Lipinski definition) is 2. The molecule has 0 aliphatic rings. The lowest BCUT2D eigenvalue weighted by molar-refractivity contribution is 0.306. The Bertz CT molecular complexity index is 1110. The van der Waals surface area contributed by atoms with Gasteiger partial charge >= 0.3 is 0 Å². The van der Waals surface area contributed by atoms with Crippen LogP contribution in [0, 0.1) is 0 Å². The third-order valence-corrected chi connectivity index (χ3v) is 26.2. The van der Waals surface area contributed by atoms with Crippen molar-refractivity contribution in [3.63, 3.8) is 0 Å². The van der Waals surface area contributed by atoms with Crippen LogP contribution in [0.2, 0.25) is 0 Å². The van der Waals surface area contributed by atoms with Gasteiger partial charge < -0.3 is 0 Å². The van der Waals surface area contributed by atoms with Gasteiger partial charge in [0.1, 0.15) is 6.17 Å². The first kappa shape index (κ1) is 53.9. The summed E-state index contributed by atoms with van der Waals surface area (Å²) in [5.41, 5.74) is 0. The highest BCUT2D eigenvalue weighted by Gasteiger charge is 2.44. The fourth-order valence-electron chi connectivity index (χ4n) is 7.46. The summed E-state index contributed by atoms with van der Waals surface area (Å²) in [6, 6.07) is 0. The van der Waals surface area contributed by atoms with Crippen molar-refractivity contribution < 1.29 is 0 Å². The molecule has 0 rings (SSSR count). The summed E-state index contributed by atoms with van der Waals surface area (Å²) in [7, 11) is 31.5. The zero-order valence-electron chi connectivity index (χ0n) is 38.4. The minimum absolute atomic E-state index is 0.153. The second kappa shape index (κ2) is 25.4. The van der Waals surface area contributed by atoms with Gasteiger partial charge in [-0.2, -0.15) is 9.03 Å². The van der Waals surface area contributed by atoms with E-state index in [9.17, 15) is 0 Å². The van der Waals surface area contributed by atoms with Gasteiger partial charge in [-0.05, 0) is 156 Å². The Labute approximate surface area is 333 Å². The molecule has 19 heteroatoms. The van der Waals surface area contributed by atoms with Gasteiger partial charge in [0.05, 0.1) is 0 Å². The van der Waals surface area contributed by atoms with Gasteiger partial charge in [-0.25, -0.2) is 13.9 Å². The van der Waals surface area contributed by atoms with E-state index < -0.39 is 30.0 Å². The molecule has 53 heavy (non-hydrogen) atoms. The van der Waals surface area contributed by atoms with Crippen LogP contribution < -0.4 is 0 Å². The van der Waals surface area contributed by atoms with Crippen molar-refractivity contribution in [2.24, 2.45) is 18.3 Å². The quantitative estimate of drug-likeness (QED) is 0.0589. The van der Waals surface area contributed by atoms with Gasteiger partial charge in [0.2, 0.25) is 0 Å². The molecular formula is C34H89N14P5. The van der Waals surface area contributed by atoms with Crippen LogP contribution in [0.4, 0.5) is 0 Å². The van der Waals surface area contributed by atoms with Crippen molar-refractivity contribution >= 4 is 39.4 Å². The summed E-state index contributed by atoms with van der Waals surface area (Å²) in [4.78, 5) is 0. The molecule has 0 saturated carbocycles. The van der Waals surface area contributed by atoms with E-state index in [1.807, 2.05) is 0 Å². The Hall–Kier alpha value is 0.950. The first-order valence-electron chi connectivity index (χ1n) is 19.7. The molecule has 0 N–H and O–H groups in total. The molecule has 320 valence electrons. The van der Waals surface area contributed by atoms with Crippen molar-refractivity contribution in [1.29, 1.82) is 0 Å². The number of nitrogens with zero attached hydrogens (tertiary/aromatic N) is 14. The molecule has 0 bridgehead atoms. The second-order valence-corrected chi connectivity index (χ2v) is 30.4. The lowest BCUT2D eigenvalue weighted by atomic mass is 10.1. The SMILES string of the molecule is CCCCCCCCN(C(CCCCCCC)N=P(N(C)C)(N(C)C)N(C)C)P(=NP)(N=P(N(C)C)(N(C)C)N(C)C)N=P(N(C)C)(N(C)C)N(C)C. The highest BCUT2D eigenvalue weighted by Crippen LogP contribution is 2.75. The van der Waals surface area contributed by atoms with Gasteiger partial charge in [-0.3, -0.25) is 42.0 Å². The van der Waals surface area contributed by atoms with Crippen LogP contribution in [-0.2, 0) is 0 Å². The maximum Gasteiger partial charge on any atom is 0.264 e. The minimum atomic E-state index is -3.12. The Morgan fingerprint density at radius 3 is 1.02 bits per heavy atom. The topological polar surface area (TPSA) is 81.8 Å². The molecule has 2 unspecified atom stereocenters. The average Bonchev–Trinajstić information content (AvgIpc) is 3.05. The van der Waals surface area contributed by atoms with E-state index in [4.69, 9.17) is 18.3 Å². The Morgan fingerprint density at radius 1 is 0.415 bits per heavy atom. The standard InChI is InChI=1S/C34H89N14P5/c1-21-23-25-27-29-31-33-48(34(32-30-28-26-24-22-2)35-51(39(3)4,40(5)6)41(7)8)50(36-49,37-52(42(9)10,43(11)12)44(13)14)38-53(45(15)16,46(17)18)47(19)20/h34H,21-33,49H2,1-20H3. The van der Waals surface area contributed by atoms with Crippen molar-refractivity contribution in [3.8, 4) is 0 Å². The molecule has 14 nitrogen and oxygen atoms in total. The summed E-state index contributed by atoms with van der Waals surface area (Å²) < 4.78 is 47.5. The molecule has 0 saturated heterocycles. The molecule has 0 radical (unpaired) electrons. The Morgan fingerprint density at radius 2 is 0.717 bits per heavy atom. The van der Waals surface area contributed by atoms with Gasteiger partial charge in [0.15, 0.2) is 22.5 Å². The van der Waals surface area contributed by atoms with Gasteiger partial charge in [0.25, 0.3) is 7.51 Å². The zero-order chi connectivity index (χ0) is 41.4. The molecule has 0 aliphatic carbocycles.